The third-order valence-corrected chi connectivity index (χ3v) is 7.46. The minimum Gasteiger partial charge on any atom is -0.497 e. The molecule has 2 heterocycles. The van der Waals surface area contributed by atoms with E-state index in [1.54, 1.807) is 7.11 Å². The van der Waals surface area contributed by atoms with Crippen LogP contribution in [0.1, 0.15) is 37.7 Å². The fourth-order valence-corrected chi connectivity index (χ4v) is 5.30. The second-order valence-corrected chi connectivity index (χ2v) is 9.81. The summed E-state index contributed by atoms with van der Waals surface area (Å²) in [6, 6.07) is 7.12. The lowest BCUT2D eigenvalue weighted by Crippen LogP contribution is -2.51. The SMILES string of the molecule is COc1ccc(CNc2nnc(SCC(=O)NN3C(=O)NC4(CCCCC4)C3=O)s2)cc1. The van der Waals surface area contributed by atoms with Crippen molar-refractivity contribution in [1.29, 1.82) is 0 Å². The molecule has 3 N–H and O–H groups in total. The first kappa shape index (κ1) is 22.3. The fourth-order valence-electron chi connectivity index (χ4n) is 3.76. The Morgan fingerprint density at radius 1 is 1.22 bits per heavy atom. The Morgan fingerprint density at radius 3 is 2.69 bits per heavy atom. The summed E-state index contributed by atoms with van der Waals surface area (Å²) < 4.78 is 5.75. The minimum atomic E-state index is -0.862. The van der Waals surface area contributed by atoms with Crippen molar-refractivity contribution in [3.8, 4) is 5.75 Å². The first-order valence-electron chi connectivity index (χ1n) is 10.3. The molecule has 0 bridgehead atoms. The van der Waals surface area contributed by atoms with Crippen molar-refractivity contribution in [1.82, 2.24) is 25.9 Å². The van der Waals surface area contributed by atoms with E-state index >= 15 is 0 Å². The van der Waals surface area contributed by atoms with Gasteiger partial charge in [-0.25, -0.2) is 4.79 Å². The molecule has 2 aliphatic rings. The standard InChI is InChI=1S/C20H24N6O4S2/c1-30-14-7-5-13(6-8-14)11-21-17-23-24-19(32-17)31-12-15(27)25-26-16(28)20(22-18(26)29)9-3-2-4-10-20/h5-8H,2-4,9-12H2,1H3,(H,21,23)(H,22,29)(H,25,27). The summed E-state index contributed by atoms with van der Waals surface area (Å²) >= 11 is 2.52. The van der Waals surface area contributed by atoms with Crippen LogP contribution in [-0.2, 0) is 16.1 Å². The molecule has 1 aliphatic carbocycles. The number of amides is 4. The highest BCUT2D eigenvalue weighted by molar-refractivity contribution is 8.01. The molecule has 170 valence electrons. The van der Waals surface area contributed by atoms with E-state index in [1.807, 2.05) is 24.3 Å². The van der Waals surface area contributed by atoms with E-state index in [9.17, 15) is 14.4 Å². The first-order valence-corrected chi connectivity index (χ1v) is 12.1. The number of ether oxygens (including phenoxy) is 1. The molecule has 12 heteroatoms. The molecule has 1 spiro atoms. The molecule has 4 rings (SSSR count). The number of thioether (sulfide) groups is 1. The van der Waals surface area contributed by atoms with Gasteiger partial charge < -0.3 is 15.4 Å². The maximum absolute atomic E-state index is 12.7. The molecule has 32 heavy (non-hydrogen) atoms. The number of nitrogens with one attached hydrogen (secondary N) is 3. The van der Waals surface area contributed by atoms with Crippen LogP contribution >= 0.6 is 23.1 Å². The van der Waals surface area contributed by atoms with E-state index in [1.165, 1.54) is 23.1 Å². The normalized spacial score (nSPS) is 17.3. The van der Waals surface area contributed by atoms with Crippen LogP contribution in [-0.4, -0.2) is 51.5 Å². The van der Waals surface area contributed by atoms with E-state index in [0.717, 1.165) is 35.6 Å². The van der Waals surface area contributed by atoms with E-state index in [-0.39, 0.29) is 11.7 Å². The average molecular weight is 477 g/mol. The Bertz CT molecular complexity index is 990. The van der Waals surface area contributed by atoms with Crippen LogP contribution in [0.3, 0.4) is 0 Å². The molecular weight excluding hydrogens is 452 g/mol. The number of aromatic nitrogens is 2. The zero-order valence-electron chi connectivity index (χ0n) is 17.6. The molecule has 2 aromatic rings. The van der Waals surface area contributed by atoms with E-state index in [2.05, 4.69) is 26.3 Å². The van der Waals surface area contributed by atoms with E-state index in [4.69, 9.17) is 4.74 Å². The van der Waals surface area contributed by atoms with Gasteiger partial charge in [0, 0.05) is 6.54 Å². The Hall–Kier alpha value is -2.86. The number of urea groups is 1. The smallest absolute Gasteiger partial charge is 0.344 e. The predicted octanol–water partition coefficient (Wildman–Crippen LogP) is 2.54. The Balaban J connectivity index is 1.24. The number of nitrogens with zero attached hydrogens (tertiary/aromatic N) is 3. The molecule has 2 fully saturated rings. The van der Waals surface area contributed by atoms with Crippen molar-refractivity contribution in [3.05, 3.63) is 29.8 Å². The third-order valence-electron chi connectivity index (χ3n) is 5.44. The largest absolute Gasteiger partial charge is 0.497 e. The highest BCUT2D eigenvalue weighted by atomic mass is 32.2. The molecule has 0 atom stereocenters. The highest BCUT2D eigenvalue weighted by Crippen LogP contribution is 2.33. The summed E-state index contributed by atoms with van der Waals surface area (Å²) in [5.41, 5.74) is 2.63. The molecule has 1 saturated heterocycles. The van der Waals surface area contributed by atoms with Gasteiger partial charge >= 0.3 is 6.03 Å². The van der Waals surface area contributed by atoms with Crippen LogP contribution in [0.5, 0.6) is 5.75 Å². The summed E-state index contributed by atoms with van der Waals surface area (Å²) in [6.07, 6.45) is 4.03. The second kappa shape index (κ2) is 9.74. The van der Waals surface area contributed by atoms with Crippen LogP contribution < -0.4 is 20.8 Å². The summed E-state index contributed by atoms with van der Waals surface area (Å²) in [5.74, 6) is -0.0172. The highest BCUT2D eigenvalue weighted by Gasteiger charge is 2.52. The summed E-state index contributed by atoms with van der Waals surface area (Å²) in [7, 11) is 1.62. The monoisotopic (exact) mass is 476 g/mol. The molecule has 10 nitrogen and oxygen atoms in total. The van der Waals surface area contributed by atoms with Crippen LogP contribution in [0.25, 0.3) is 0 Å². The van der Waals surface area contributed by atoms with Crippen LogP contribution in [0.4, 0.5) is 9.93 Å². The van der Waals surface area contributed by atoms with E-state index < -0.39 is 17.5 Å². The van der Waals surface area contributed by atoms with Gasteiger partial charge in [0.15, 0.2) is 4.34 Å². The number of rotatable bonds is 8. The van der Waals surface area contributed by atoms with Crippen molar-refractivity contribution in [3.63, 3.8) is 0 Å². The van der Waals surface area contributed by atoms with Crippen LogP contribution in [0, 0.1) is 0 Å². The van der Waals surface area contributed by atoms with Gasteiger partial charge in [-0.3, -0.25) is 15.0 Å². The van der Waals surface area contributed by atoms with Gasteiger partial charge in [-0.2, -0.15) is 5.01 Å². The summed E-state index contributed by atoms with van der Waals surface area (Å²) in [4.78, 5) is 37.3. The third kappa shape index (κ3) is 4.96. The predicted molar refractivity (Wildman–Crippen MR) is 120 cm³/mol. The number of methoxy groups -OCH3 is 1. The number of imide groups is 1. The number of hydrazine groups is 1. The van der Waals surface area contributed by atoms with Gasteiger partial charge in [0.25, 0.3) is 5.91 Å². The van der Waals surface area contributed by atoms with Gasteiger partial charge in [0.1, 0.15) is 11.3 Å². The maximum Gasteiger partial charge on any atom is 0.344 e. The number of carbonyl (C=O) groups is 3. The van der Waals surface area contributed by atoms with Crippen molar-refractivity contribution >= 4 is 46.1 Å². The lowest BCUT2D eigenvalue weighted by atomic mass is 9.82. The number of carbonyl (C=O) groups excluding carboxylic acids is 3. The average Bonchev–Trinajstić information content (AvgIpc) is 3.35. The van der Waals surface area contributed by atoms with Gasteiger partial charge in [-0.05, 0) is 30.5 Å². The van der Waals surface area contributed by atoms with Crippen molar-refractivity contribution in [2.45, 2.75) is 48.5 Å². The van der Waals surface area contributed by atoms with Crippen molar-refractivity contribution < 1.29 is 19.1 Å². The zero-order chi connectivity index (χ0) is 22.6. The van der Waals surface area contributed by atoms with Crippen LogP contribution in [0.15, 0.2) is 28.6 Å². The molecule has 1 saturated carbocycles. The lowest BCUT2D eigenvalue weighted by molar-refractivity contribution is -0.139. The lowest BCUT2D eigenvalue weighted by Gasteiger charge is -2.30. The molecular formula is C20H24N6O4S2. The molecule has 1 aromatic heterocycles. The number of benzene rings is 1. The zero-order valence-corrected chi connectivity index (χ0v) is 19.2. The molecule has 1 aliphatic heterocycles. The van der Waals surface area contributed by atoms with Crippen molar-refractivity contribution in [2.75, 3.05) is 18.2 Å². The quantitative estimate of drug-likeness (QED) is 0.392. The Kier molecular flexibility index (Phi) is 6.80. The van der Waals surface area contributed by atoms with Gasteiger partial charge in [-0.1, -0.05) is 54.5 Å². The first-order chi connectivity index (χ1) is 15.5. The topological polar surface area (TPSA) is 126 Å². The van der Waals surface area contributed by atoms with Crippen LogP contribution in [0.2, 0.25) is 0 Å². The number of anilines is 1. The Labute approximate surface area is 193 Å². The summed E-state index contributed by atoms with van der Waals surface area (Å²) in [5, 5.41) is 15.6. The molecule has 4 amide bonds. The fraction of sp³-hybridized carbons (Fsp3) is 0.450. The van der Waals surface area contributed by atoms with Gasteiger partial charge in [-0.15, -0.1) is 10.2 Å². The van der Waals surface area contributed by atoms with Crippen molar-refractivity contribution in [2.24, 2.45) is 0 Å². The van der Waals surface area contributed by atoms with E-state index in [0.29, 0.717) is 28.9 Å². The summed E-state index contributed by atoms with van der Waals surface area (Å²) in [6.45, 7) is 0.581. The molecule has 0 unspecified atom stereocenters. The molecule has 1 aromatic carbocycles. The number of hydrogen-bond donors (Lipinski definition) is 3. The second-order valence-electron chi connectivity index (χ2n) is 7.61. The minimum absolute atomic E-state index is 0.0111. The van der Waals surface area contributed by atoms with Gasteiger partial charge in [0.05, 0.1) is 12.9 Å². The molecule has 0 radical (unpaired) electrons. The maximum atomic E-state index is 12.7. The van der Waals surface area contributed by atoms with Gasteiger partial charge in [0.2, 0.25) is 11.0 Å². The number of hydrogen-bond acceptors (Lipinski definition) is 9. The Morgan fingerprint density at radius 2 is 1.97 bits per heavy atom.